The number of carbonyl (C=O) groups excluding carboxylic acids is 2. The fourth-order valence-electron chi connectivity index (χ4n) is 3.30. The molecule has 0 radical (unpaired) electrons. The number of hydrogen-bond acceptors (Lipinski definition) is 4. The van der Waals surface area contributed by atoms with E-state index in [0.29, 0.717) is 5.75 Å². The molecule has 0 aliphatic heterocycles. The molecule has 4 aromatic rings. The molecular formula is C27H20O4. The van der Waals surface area contributed by atoms with Gasteiger partial charge in [-0.1, -0.05) is 91.0 Å². The zero-order chi connectivity index (χ0) is 21.5. The number of carbonyl (C=O) groups is 2. The van der Waals surface area contributed by atoms with E-state index in [9.17, 15) is 9.59 Å². The van der Waals surface area contributed by atoms with Gasteiger partial charge in [-0.2, -0.15) is 0 Å². The average Bonchev–Trinajstić information content (AvgIpc) is 2.81. The molecule has 4 rings (SSSR count). The summed E-state index contributed by atoms with van der Waals surface area (Å²) in [6.45, 7) is 0. The van der Waals surface area contributed by atoms with Crippen LogP contribution in [0.3, 0.4) is 0 Å². The third-order valence-electron chi connectivity index (χ3n) is 4.77. The van der Waals surface area contributed by atoms with Gasteiger partial charge in [0, 0.05) is 0 Å². The maximum Gasteiger partial charge on any atom is 0.347 e. The Morgan fingerprint density at radius 1 is 0.548 bits per heavy atom. The first kappa shape index (κ1) is 20.1. The Balaban J connectivity index is 1.62. The van der Waals surface area contributed by atoms with Crippen molar-refractivity contribution in [2.24, 2.45) is 0 Å². The van der Waals surface area contributed by atoms with Crippen molar-refractivity contribution in [2.75, 3.05) is 0 Å². The molecule has 0 saturated heterocycles. The zero-order valence-corrected chi connectivity index (χ0v) is 16.7. The van der Waals surface area contributed by atoms with Crippen LogP contribution in [0.5, 0.6) is 11.5 Å². The van der Waals surface area contributed by atoms with Crippen LogP contribution in [0.15, 0.2) is 115 Å². The minimum absolute atomic E-state index is 0.158. The maximum absolute atomic E-state index is 13.3. The number of ether oxygens (including phenoxy) is 2. The predicted octanol–water partition coefficient (Wildman–Crippen LogP) is 5.64. The maximum atomic E-state index is 13.3. The van der Waals surface area contributed by atoms with Gasteiger partial charge in [-0.05, 0) is 35.4 Å². The monoisotopic (exact) mass is 408 g/mol. The average molecular weight is 408 g/mol. The molecule has 4 aromatic carbocycles. The molecule has 0 N–H and O–H groups in total. The zero-order valence-electron chi connectivity index (χ0n) is 16.7. The normalized spacial score (nSPS) is 10.5. The van der Waals surface area contributed by atoms with Crippen LogP contribution in [0.25, 0.3) is 0 Å². The van der Waals surface area contributed by atoms with Crippen LogP contribution in [-0.2, 0) is 4.79 Å². The van der Waals surface area contributed by atoms with Gasteiger partial charge in [-0.15, -0.1) is 0 Å². The van der Waals surface area contributed by atoms with E-state index in [1.54, 1.807) is 48.5 Å². The highest BCUT2D eigenvalue weighted by Crippen LogP contribution is 2.28. The first-order valence-electron chi connectivity index (χ1n) is 9.90. The Morgan fingerprint density at radius 3 is 1.61 bits per heavy atom. The lowest BCUT2D eigenvalue weighted by Gasteiger charge is -2.18. The number of benzene rings is 4. The molecule has 0 aromatic heterocycles. The number of para-hydroxylation sites is 2. The molecule has 4 heteroatoms. The van der Waals surface area contributed by atoms with Crippen molar-refractivity contribution in [3.8, 4) is 11.5 Å². The summed E-state index contributed by atoms with van der Waals surface area (Å²) in [5.41, 5.74) is 1.80. The molecule has 0 fully saturated rings. The Kier molecular flexibility index (Phi) is 6.19. The van der Waals surface area contributed by atoms with Crippen molar-refractivity contribution >= 4 is 11.9 Å². The van der Waals surface area contributed by atoms with E-state index in [2.05, 4.69) is 0 Å². The van der Waals surface area contributed by atoms with E-state index >= 15 is 0 Å². The lowest BCUT2D eigenvalue weighted by molar-refractivity contribution is -0.135. The highest BCUT2D eigenvalue weighted by molar-refractivity contribution is 5.95. The van der Waals surface area contributed by atoms with Crippen LogP contribution in [0.2, 0.25) is 0 Å². The van der Waals surface area contributed by atoms with Gasteiger partial charge in [0.25, 0.3) is 0 Å². The summed E-state index contributed by atoms with van der Waals surface area (Å²) in [6, 6.07) is 34.2. The largest absolute Gasteiger partial charge is 0.425 e. The summed E-state index contributed by atoms with van der Waals surface area (Å²) in [5.74, 6) is -1.12. The van der Waals surface area contributed by atoms with E-state index in [-0.39, 0.29) is 11.3 Å². The van der Waals surface area contributed by atoms with Crippen molar-refractivity contribution in [3.05, 3.63) is 132 Å². The first-order valence-corrected chi connectivity index (χ1v) is 9.90. The van der Waals surface area contributed by atoms with Crippen LogP contribution < -0.4 is 9.47 Å². The van der Waals surface area contributed by atoms with Crippen LogP contribution >= 0.6 is 0 Å². The van der Waals surface area contributed by atoms with Gasteiger partial charge in [0.05, 0.1) is 0 Å². The van der Waals surface area contributed by atoms with Crippen molar-refractivity contribution < 1.29 is 19.1 Å². The molecule has 0 spiro atoms. The van der Waals surface area contributed by atoms with Crippen LogP contribution in [0.1, 0.15) is 27.4 Å². The number of esters is 2. The Bertz CT molecular complexity index is 1120. The summed E-state index contributed by atoms with van der Waals surface area (Å²) in [5, 5.41) is 0. The van der Waals surface area contributed by atoms with Crippen molar-refractivity contribution in [1.82, 2.24) is 0 Å². The van der Waals surface area contributed by atoms with Gasteiger partial charge in [-0.25, -0.2) is 4.79 Å². The summed E-state index contributed by atoms with van der Waals surface area (Å²) in [6.07, 6.45) is 0. The van der Waals surface area contributed by atoms with Gasteiger partial charge in [-0.3, -0.25) is 4.79 Å². The molecule has 0 unspecified atom stereocenters. The molecule has 0 atom stereocenters. The minimum Gasteiger partial charge on any atom is -0.425 e. The molecule has 0 aliphatic rings. The molecule has 4 nitrogen and oxygen atoms in total. The summed E-state index contributed by atoms with van der Waals surface area (Å²) in [4.78, 5) is 26.0. The van der Waals surface area contributed by atoms with Crippen molar-refractivity contribution in [2.45, 2.75) is 5.92 Å². The fraction of sp³-hybridized carbons (Fsp3) is 0.0370. The van der Waals surface area contributed by atoms with E-state index in [1.165, 1.54) is 0 Å². The highest BCUT2D eigenvalue weighted by Gasteiger charge is 2.26. The molecule has 0 amide bonds. The van der Waals surface area contributed by atoms with Crippen LogP contribution in [0, 0.1) is 0 Å². The van der Waals surface area contributed by atoms with Gasteiger partial charge >= 0.3 is 11.9 Å². The second-order valence-corrected chi connectivity index (χ2v) is 6.87. The van der Waals surface area contributed by atoms with E-state index in [0.717, 1.165) is 11.1 Å². The third kappa shape index (κ3) is 4.87. The predicted molar refractivity (Wildman–Crippen MR) is 118 cm³/mol. The van der Waals surface area contributed by atoms with Gasteiger partial charge in [0.2, 0.25) is 0 Å². The summed E-state index contributed by atoms with van der Waals surface area (Å²) in [7, 11) is 0. The fourth-order valence-corrected chi connectivity index (χ4v) is 3.30. The van der Waals surface area contributed by atoms with E-state index in [1.807, 2.05) is 66.7 Å². The third-order valence-corrected chi connectivity index (χ3v) is 4.77. The van der Waals surface area contributed by atoms with E-state index < -0.39 is 17.9 Å². The van der Waals surface area contributed by atoms with Crippen molar-refractivity contribution in [1.29, 1.82) is 0 Å². The van der Waals surface area contributed by atoms with Crippen LogP contribution in [0.4, 0.5) is 0 Å². The first-order chi connectivity index (χ1) is 15.2. The standard InChI is InChI=1S/C27H20O4/c28-26(30-22-16-8-3-9-17-22)23-18-10-11-19-24(23)31-27(29)25(20-12-4-1-5-13-20)21-14-6-2-7-15-21/h1-19,25H. The lowest BCUT2D eigenvalue weighted by Crippen LogP contribution is -2.21. The van der Waals surface area contributed by atoms with Crippen LogP contribution in [-0.4, -0.2) is 11.9 Å². The molecule has 0 aliphatic carbocycles. The van der Waals surface area contributed by atoms with E-state index in [4.69, 9.17) is 9.47 Å². The smallest absolute Gasteiger partial charge is 0.347 e. The molecule has 0 bridgehead atoms. The minimum atomic E-state index is -0.624. The molecular weight excluding hydrogens is 388 g/mol. The highest BCUT2D eigenvalue weighted by atomic mass is 16.5. The quantitative estimate of drug-likeness (QED) is 0.306. The summed E-state index contributed by atoms with van der Waals surface area (Å²) < 4.78 is 11.2. The molecule has 31 heavy (non-hydrogen) atoms. The molecule has 0 heterocycles. The topological polar surface area (TPSA) is 52.6 Å². The van der Waals surface area contributed by atoms with Gasteiger partial charge < -0.3 is 9.47 Å². The lowest BCUT2D eigenvalue weighted by atomic mass is 9.91. The SMILES string of the molecule is O=C(Oc1ccccc1)c1ccccc1OC(=O)C(c1ccccc1)c1ccccc1. The Morgan fingerprint density at radius 2 is 1.03 bits per heavy atom. The van der Waals surface area contributed by atoms with Gasteiger partial charge in [0.1, 0.15) is 23.0 Å². The molecule has 0 saturated carbocycles. The number of hydrogen-bond donors (Lipinski definition) is 0. The second-order valence-electron chi connectivity index (χ2n) is 6.87. The second kappa shape index (κ2) is 9.55. The number of rotatable bonds is 6. The van der Waals surface area contributed by atoms with Gasteiger partial charge in [0.15, 0.2) is 0 Å². The van der Waals surface area contributed by atoms with Crippen molar-refractivity contribution in [3.63, 3.8) is 0 Å². The Labute approximate surface area is 180 Å². The molecule has 152 valence electrons. The summed E-state index contributed by atoms with van der Waals surface area (Å²) >= 11 is 0. The Hall–Kier alpha value is -4.18.